The van der Waals surface area contributed by atoms with Crippen LogP contribution in [0.1, 0.15) is 29.4 Å². The molecule has 5 heterocycles. The van der Waals surface area contributed by atoms with Gasteiger partial charge in [-0.3, -0.25) is 9.59 Å². The van der Waals surface area contributed by atoms with Gasteiger partial charge in [-0.05, 0) is 43.2 Å². The summed E-state index contributed by atoms with van der Waals surface area (Å²) in [5, 5.41) is 5.57. The zero-order valence-electron chi connectivity index (χ0n) is 18.2. The number of carbonyl (C=O) groups excluding carboxylic acids is 2. The predicted octanol–water partition coefficient (Wildman–Crippen LogP) is 2.65. The van der Waals surface area contributed by atoms with E-state index in [4.69, 9.17) is 16.6 Å². The maximum absolute atomic E-state index is 12.2. The number of aromatic nitrogens is 5. The van der Waals surface area contributed by atoms with E-state index in [-0.39, 0.29) is 17.6 Å². The molecule has 5 rings (SSSR count). The Kier molecular flexibility index (Phi) is 5.54. The molecule has 0 aromatic carbocycles. The summed E-state index contributed by atoms with van der Waals surface area (Å²) in [5.41, 5.74) is 13.8. The molecule has 1 saturated heterocycles. The molecule has 172 valence electrons. The summed E-state index contributed by atoms with van der Waals surface area (Å²) < 4.78 is 1.86. The first-order valence-corrected chi connectivity index (χ1v) is 11.6. The SMILES string of the molecule is C=CC(=O)N1CCC[C@@H](n2nc(-c3ccc(-c4cccc(C(N)=O)n4)s3)c3c(N)ncnc32)C1. The molecule has 1 atom stereocenters. The lowest BCUT2D eigenvalue weighted by molar-refractivity contribution is -0.127. The number of likely N-dealkylation sites (tertiary alicyclic amines) is 1. The molecule has 0 saturated carbocycles. The number of nitrogen functional groups attached to an aromatic ring is 1. The third-order valence-electron chi connectivity index (χ3n) is 5.84. The molecule has 0 unspecified atom stereocenters. The Balaban J connectivity index is 1.57. The average Bonchev–Trinajstić information content (AvgIpc) is 3.50. The average molecular weight is 475 g/mol. The number of nitrogens with two attached hydrogens (primary N) is 2. The highest BCUT2D eigenvalue weighted by Crippen LogP contribution is 2.39. The van der Waals surface area contributed by atoms with Crippen LogP contribution in [0, 0.1) is 0 Å². The second-order valence-corrected chi connectivity index (χ2v) is 9.06. The molecule has 1 aliphatic rings. The van der Waals surface area contributed by atoms with Gasteiger partial charge in [-0.1, -0.05) is 12.6 Å². The quantitative estimate of drug-likeness (QED) is 0.423. The first kappa shape index (κ1) is 21.7. The molecular formula is C23H22N8O2S. The van der Waals surface area contributed by atoms with Gasteiger partial charge in [-0.15, -0.1) is 11.3 Å². The number of amides is 2. The molecule has 0 spiro atoms. The highest BCUT2D eigenvalue weighted by molar-refractivity contribution is 7.18. The van der Waals surface area contributed by atoms with E-state index in [1.54, 1.807) is 17.0 Å². The van der Waals surface area contributed by atoms with Gasteiger partial charge in [0, 0.05) is 13.1 Å². The molecular weight excluding hydrogens is 452 g/mol. The second-order valence-electron chi connectivity index (χ2n) is 7.97. The number of piperidine rings is 1. The van der Waals surface area contributed by atoms with Gasteiger partial charge in [-0.25, -0.2) is 19.6 Å². The summed E-state index contributed by atoms with van der Waals surface area (Å²) in [4.78, 5) is 40.2. The van der Waals surface area contributed by atoms with E-state index >= 15 is 0 Å². The number of anilines is 1. The van der Waals surface area contributed by atoms with E-state index in [0.717, 1.165) is 22.6 Å². The van der Waals surface area contributed by atoms with Gasteiger partial charge >= 0.3 is 0 Å². The first-order chi connectivity index (χ1) is 16.5. The lowest BCUT2D eigenvalue weighted by Crippen LogP contribution is -2.40. The van der Waals surface area contributed by atoms with Crippen molar-refractivity contribution in [3.8, 4) is 21.1 Å². The van der Waals surface area contributed by atoms with Gasteiger partial charge in [0.2, 0.25) is 5.91 Å². The molecule has 2 amide bonds. The molecule has 4 aromatic heterocycles. The van der Waals surface area contributed by atoms with Crippen LogP contribution in [-0.2, 0) is 4.79 Å². The van der Waals surface area contributed by atoms with Gasteiger partial charge in [0.15, 0.2) is 5.65 Å². The highest BCUT2D eigenvalue weighted by Gasteiger charge is 2.28. The largest absolute Gasteiger partial charge is 0.383 e. The third kappa shape index (κ3) is 3.79. The maximum atomic E-state index is 12.2. The number of rotatable bonds is 5. The van der Waals surface area contributed by atoms with Gasteiger partial charge in [0.25, 0.3) is 5.91 Å². The van der Waals surface area contributed by atoms with Gasteiger partial charge in [0.05, 0.1) is 26.9 Å². The number of hydrogen-bond acceptors (Lipinski definition) is 8. The van der Waals surface area contributed by atoms with Crippen molar-refractivity contribution < 1.29 is 9.59 Å². The van der Waals surface area contributed by atoms with E-state index in [9.17, 15) is 9.59 Å². The zero-order valence-corrected chi connectivity index (χ0v) is 19.0. The smallest absolute Gasteiger partial charge is 0.267 e. The van der Waals surface area contributed by atoms with Crippen LogP contribution in [0.2, 0.25) is 0 Å². The standard InChI is InChI=1S/C23H22N8O2S/c1-2-18(32)30-10-4-5-13(11-30)31-23-19(21(24)26-12-27-23)20(29-31)17-9-8-16(34-17)14-6-3-7-15(28-14)22(25)33/h2-3,6-9,12-13H,1,4-5,10-11H2,(H2,25,33)(H2,24,26,27)/t13-/m1/s1. The van der Waals surface area contributed by atoms with E-state index in [0.29, 0.717) is 41.3 Å². The fourth-order valence-electron chi connectivity index (χ4n) is 4.22. The minimum atomic E-state index is -0.579. The van der Waals surface area contributed by atoms with Crippen LogP contribution >= 0.6 is 11.3 Å². The van der Waals surface area contributed by atoms with E-state index in [2.05, 4.69) is 21.5 Å². The highest BCUT2D eigenvalue weighted by atomic mass is 32.1. The maximum Gasteiger partial charge on any atom is 0.267 e. The summed E-state index contributed by atoms with van der Waals surface area (Å²) in [7, 11) is 0. The Morgan fingerprint density at radius 1 is 1.18 bits per heavy atom. The lowest BCUT2D eigenvalue weighted by Gasteiger charge is -2.32. The summed E-state index contributed by atoms with van der Waals surface area (Å²) in [6.45, 7) is 4.81. The Hall–Kier alpha value is -4.12. The van der Waals surface area contributed by atoms with Gasteiger partial charge < -0.3 is 16.4 Å². The van der Waals surface area contributed by atoms with Crippen molar-refractivity contribution in [2.45, 2.75) is 18.9 Å². The molecule has 4 N–H and O–H groups in total. The van der Waals surface area contributed by atoms with Crippen LogP contribution < -0.4 is 11.5 Å². The molecule has 1 aliphatic heterocycles. The number of thiophene rings is 1. The van der Waals surface area contributed by atoms with Crippen LogP contribution in [0.4, 0.5) is 5.82 Å². The fourth-order valence-corrected chi connectivity index (χ4v) is 5.19. The minimum Gasteiger partial charge on any atom is -0.383 e. The number of pyridine rings is 1. The van der Waals surface area contributed by atoms with Crippen molar-refractivity contribution in [2.24, 2.45) is 5.73 Å². The Morgan fingerprint density at radius 2 is 2.00 bits per heavy atom. The van der Waals surface area contributed by atoms with Crippen LogP contribution in [0.5, 0.6) is 0 Å². The van der Waals surface area contributed by atoms with Crippen LogP contribution in [0.3, 0.4) is 0 Å². The Morgan fingerprint density at radius 3 is 2.79 bits per heavy atom. The molecule has 0 aliphatic carbocycles. The predicted molar refractivity (Wildman–Crippen MR) is 130 cm³/mol. The lowest BCUT2D eigenvalue weighted by atomic mass is 10.1. The summed E-state index contributed by atoms with van der Waals surface area (Å²) >= 11 is 1.47. The van der Waals surface area contributed by atoms with E-state index in [1.807, 2.05) is 22.9 Å². The number of fused-ring (bicyclic) bond motifs is 1. The third-order valence-corrected chi connectivity index (χ3v) is 6.95. The molecule has 0 bridgehead atoms. The molecule has 10 nitrogen and oxygen atoms in total. The fraction of sp³-hybridized carbons (Fsp3) is 0.217. The Bertz CT molecular complexity index is 1430. The molecule has 0 radical (unpaired) electrons. The summed E-state index contributed by atoms with van der Waals surface area (Å²) in [5.74, 6) is -0.334. The van der Waals surface area contributed by atoms with E-state index < -0.39 is 5.91 Å². The minimum absolute atomic E-state index is 0.0449. The monoisotopic (exact) mass is 474 g/mol. The number of hydrogen-bond donors (Lipinski definition) is 2. The van der Waals surface area contributed by atoms with Crippen LogP contribution in [0.15, 0.2) is 49.3 Å². The second kappa shape index (κ2) is 8.67. The van der Waals surface area contributed by atoms with Gasteiger partial charge in [0.1, 0.15) is 23.5 Å². The molecule has 34 heavy (non-hydrogen) atoms. The van der Waals surface area contributed by atoms with Crippen molar-refractivity contribution >= 4 is 40.0 Å². The van der Waals surface area contributed by atoms with Crippen molar-refractivity contribution in [3.63, 3.8) is 0 Å². The van der Waals surface area contributed by atoms with Crippen molar-refractivity contribution in [1.29, 1.82) is 0 Å². The van der Waals surface area contributed by atoms with Crippen molar-refractivity contribution in [3.05, 3.63) is 55.0 Å². The number of carbonyl (C=O) groups is 2. The Labute approximate surface area is 198 Å². The van der Waals surface area contributed by atoms with Crippen molar-refractivity contribution in [2.75, 3.05) is 18.8 Å². The van der Waals surface area contributed by atoms with E-state index in [1.165, 1.54) is 23.7 Å². The molecule has 1 fully saturated rings. The number of nitrogens with zero attached hydrogens (tertiary/aromatic N) is 6. The summed E-state index contributed by atoms with van der Waals surface area (Å²) in [6, 6.07) is 8.96. The van der Waals surface area contributed by atoms with Crippen LogP contribution in [0.25, 0.3) is 32.2 Å². The molecule has 4 aromatic rings. The van der Waals surface area contributed by atoms with Crippen molar-refractivity contribution in [1.82, 2.24) is 29.6 Å². The number of primary amides is 1. The summed E-state index contributed by atoms with van der Waals surface area (Å²) in [6.07, 6.45) is 4.48. The first-order valence-electron chi connectivity index (χ1n) is 10.7. The normalized spacial score (nSPS) is 16.0. The molecule has 11 heteroatoms. The topological polar surface area (TPSA) is 146 Å². The van der Waals surface area contributed by atoms with Gasteiger partial charge in [-0.2, -0.15) is 5.10 Å². The zero-order chi connectivity index (χ0) is 23.8. The van der Waals surface area contributed by atoms with Crippen LogP contribution in [-0.4, -0.2) is 54.5 Å².